The molecule has 1 aromatic heterocycles. The molecular weight excluding hydrogens is 344 g/mol. The van der Waals surface area contributed by atoms with Crippen molar-refractivity contribution in [1.29, 1.82) is 0 Å². The molecule has 0 radical (unpaired) electrons. The van der Waals surface area contributed by atoms with Gasteiger partial charge in [0, 0.05) is 35.2 Å². The van der Waals surface area contributed by atoms with Crippen molar-refractivity contribution in [1.82, 2.24) is 9.97 Å². The van der Waals surface area contributed by atoms with Crippen LogP contribution in [0.4, 0.5) is 5.95 Å². The number of primary amides is 1. The molecule has 1 aliphatic rings. The average molecular weight is 361 g/mol. The van der Waals surface area contributed by atoms with E-state index in [1.807, 2.05) is 30.3 Å². The normalized spacial score (nSPS) is 15.8. The van der Waals surface area contributed by atoms with Gasteiger partial charge >= 0.3 is 0 Å². The van der Waals surface area contributed by atoms with E-state index in [1.54, 1.807) is 6.20 Å². The van der Waals surface area contributed by atoms with Gasteiger partial charge in [0.05, 0.1) is 5.69 Å². The molecular formula is C16H17BrN4O. The zero-order valence-electron chi connectivity index (χ0n) is 12.1. The third kappa shape index (κ3) is 3.27. The minimum atomic E-state index is -0.204. The van der Waals surface area contributed by atoms with Crippen molar-refractivity contribution in [3.8, 4) is 11.3 Å². The summed E-state index contributed by atoms with van der Waals surface area (Å²) < 4.78 is 1.04. The van der Waals surface area contributed by atoms with Crippen LogP contribution < -0.4 is 10.6 Å². The third-order valence-electron chi connectivity index (χ3n) is 3.96. The number of piperidine rings is 1. The van der Waals surface area contributed by atoms with Crippen molar-refractivity contribution in [2.75, 3.05) is 18.0 Å². The zero-order valence-corrected chi connectivity index (χ0v) is 13.7. The van der Waals surface area contributed by atoms with E-state index >= 15 is 0 Å². The van der Waals surface area contributed by atoms with Crippen LogP contribution in [-0.4, -0.2) is 29.0 Å². The van der Waals surface area contributed by atoms with Crippen molar-refractivity contribution in [2.24, 2.45) is 11.7 Å². The van der Waals surface area contributed by atoms with E-state index in [-0.39, 0.29) is 11.8 Å². The van der Waals surface area contributed by atoms with E-state index in [4.69, 9.17) is 5.73 Å². The number of benzene rings is 1. The molecule has 1 aliphatic heterocycles. The molecule has 2 heterocycles. The lowest BCUT2D eigenvalue weighted by molar-refractivity contribution is -0.122. The molecule has 22 heavy (non-hydrogen) atoms. The summed E-state index contributed by atoms with van der Waals surface area (Å²) in [4.78, 5) is 22.4. The maximum absolute atomic E-state index is 11.2. The molecule has 1 amide bonds. The van der Waals surface area contributed by atoms with Crippen LogP contribution in [0.1, 0.15) is 12.8 Å². The third-order valence-corrected chi connectivity index (χ3v) is 4.49. The molecule has 2 aromatic rings. The average Bonchev–Trinajstić information content (AvgIpc) is 2.56. The largest absolute Gasteiger partial charge is 0.369 e. The first-order chi connectivity index (χ1) is 10.6. The molecule has 114 valence electrons. The summed E-state index contributed by atoms with van der Waals surface area (Å²) in [7, 11) is 0. The maximum atomic E-state index is 11.2. The Kier molecular flexibility index (Phi) is 4.38. The lowest BCUT2D eigenvalue weighted by atomic mass is 9.96. The standard InChI is InChI=1S/C16H17BrN4O/c17-13-3-1-11(2-4-13)14-5-8-19-16(20-14)21-9-6-12(7-10-21)15(18)22/h1-5,8,12H,6-7,9-10H2,(H2,18,22). The molecule has 0 atom stereocenters. The van der Waals surface area contributed by atoms with Gasteiger partial charge in [0.1, 0.15) is 0 Å². The Labute approximate surface area is 137 Å². The quantitative estimate of drug-likeness (QED) is 0.912. The summed E-state index contributed by atoms with van der Waals surface area (Å²) in [5.74, 6) is 0.485. The smallest absolute Gasteiger partial charge is 0.225 e. The van der Waals surface area contributed by atoms with Crippen LogP contribution >= 0.6 is 15.9 Å². The second-order valence-corrected chi connectivity index (χ2v) is 6.33. The van der Waals surface area contributed by atoms with Gasteiger partial charge in [0.15, 0.2) is 0 Å². The van der Waals surface area contributed by atoms with Gasteiger partial charge < -0.3 is 10.6 Å². The Balaban J connectivity index is 1.77. The second-order valence-electron chi connectivity index (χ2n) is 5.41. The Hall–Kier alpha value is -1.95. The maximum Gasteiger partial charge on any atom is 0.225 e. The van der Waals surface area contributed by atoms with E-state index in [1.165, 1.54) is 0 Å². The van der Waals surface area contributed by atoms with Crippen molar-refractivity contribution >= 4 is 27.8 Å². The van der Waals surface area contributed by atoms with Gasteiger partial charge in [0.2, 0.25) is 11.9 Å². The van der Waals surface area contributed by atoms with E-state index in [0.717, 1.165) is 41.7 Å². The number of hydrogen-bond donors (Lipinski definition) is 1. The first-order valence-corrected chi connectivity index (χ1v) is 8.06. The fourth-order valence-electron chi connectivity index (χ4n) is 2.65. The van der Waals surface area contributed by atoms with Crippen LogP contribution in [0.3, 0.4) is 0 Å². The highest BCUT2D eigenvalue weighted by atomic mass is 79.9. The molecule has 0 unspecified atom stereocenters. The Morgan fingerprint density at radius 3 is 2.50 bits per heavy atom. The topological polar surface area (TPSA) is 72.1 Å². The van der Waals surface area contributed by atoms with Gasteiger partial charge in [-0.3, -0.25) is 4.79 Å². The fourth-order valence-corrected chi connectivity index (χ4v) is 2.91. The predicted molar refractivity (Wildman–Crippen MR) is 89.3 cm³/mol. The SMILES string of the molecule is NC(=O)C1CCN(c2nccc(-c3ccc(Br)cc3)n2)CC1. The Morgan fingerprint density at radius 2 is 1.86 bits per heavy atom. The highest BCUT2D eigenvalue weighted by Gasteiger charge is 2.24. The summed E-state index contributed by atoms with van der Waals surface area (Å²) in [6.07, 6.45) is 3.31. The summed E-state index contributed by atoms with van der Waals surface area (Å²) in [6.45, 7) is 1.52. The van der Waals surface area contributed by atoms with E-state index < -0.39 is 0 Å². The first-order valence-electron chi connectivity index (χ1n) is 7.27. The molecule has 0 aliphatic carbocycles. The van der Waals surface area contributed by atoms with Crippen molar-refractivity contribution in [3.05, 3.63) is 41.0 Å². The van der Waals surface area contributed by atoms with E-state index in [9.17, 15) is 4.79 Å². The minimum absolute atomic E-state index is 0.0223. The van der Waals surface area contributed by atoms with Gasteiger partial charge in [-0.25, -0.2) is 9.97 Å². The molecule has 3 rings (SSSR count). The Bertz CT molecular complexity index is 666. The lowest BCUT2D eigenvalue weighted by Gasteiger charge is -2.30. The van der Waals surface area contributed by atoms with Crippen molar-refractivity contribution in [3.63, 3.8) is 0 Å². The number of carbonyl (C=O) groups is 1. The number of hydrogen-bond acceptors (Lipinski definition) is 4. The molecule has 6 heteroatoms. The van der Waals surface area contributed by atoms with Gasteiger partial charge in [-0.05, 0) is 31.0 Å². The molecule has 0 bridgehead atoms. The molecule has 0 spiro atoms. The molecule has 0 saturated carbocycles. The number of carbonyl (C=O) groups excluding carboxylic acids is 1. The number of anilines is 1. The number of nitrogens with two attached hydrogens (primary N) is 1. The Morgan fingerprint density at radius 1 is 1.18 bits per heavy atom. The molecule has 1 aromatic carbocycles. The van der Waals surface area contributed by atoms with Crippen LogP contribution in [0.25, 0.3) is 11.3 Å². The zero-order chi connectivity index (χ0) is 15.5. The number of rotatable bonds is 3. The summed E-state index contributed by atoms with van der Waals surface area (Å²) in [5.41, 5.74) is 7.32. The number of aromatic nitrogens is 2. The monoisotopic (exact) mass is 360 g/mol. The highest BCUT2D eigenvalue weighted by molar-refractivity contribution is 9.10. The molecule has 1 fully saturated rings. The van der Waals surface area contributed by atoms with Crippen LogP contribution in [0.5, 0.6) is 0 Å². The summed E-state index contributed by atoms with van der Waals surface area (Å²) in [5, 5.41) is 0. The lowest BCUT2D eigenvalue weighted by Crippen LogP contribution is -2.39. The van der Waals surface area contributed by atoms with Gasteiger partial charge in [-0.15, -0.1) is 0 Å². The van der Waals surface area contributed by atoms with Crippen molar-refractivity contribution < 1.29 is 4.79 Å². The van der Waals surface area contributed by atoms with Crippen LogP contribution in [0.15, 0.2) is 41.0 Å². The van der Waals surface area contributed by atoms with E-state index in [0.29, 0.717) is 5.95 Å². The number of amides is 1. The second kappa shape index (κ2) is 6.44. The molecule has 1 saturated heterocycles. The minimum Gasteiger partial charge on any atom is -0.369 e. The van der Waals surface area contributed by atoms with Gasteiger partial charge in [-0.2, -0.15) is 0 Å². The number of nitrogens with zero attached hydrogens (tertiary/aromatic N) is 3. The summed E-state index contributed by atoms with van der Waals surface area (Å²) >= 11 is 3.43. The first kappa shape index (κ1) is 15.0. The van der Waals surface area contributed by atoms with E-state index in [2.05, 4.69) is 30.8 Å². The van der Waals surface area contributed by atoms with Crippen LogP contribution in [0.2, 0.25) is 0 Å². The van der Waals surface area contributed by atoms with Gasteiger partial charge in [0.25, 0.3) is 0 Å². The molecule has 2 N–H and O–H groups in total. The fraction of sp³-hybridized carbons (Fsp3) is 0.312. The van der Waals surface area contributed by atoms with Crippen LogP contribution in [0, 0.1) is 5.92 Å². The van der Waals surface area contributed by atoms with Crippen LogP contribution in [-0.2, 0) is 4.79 Å². The van der Waals surface area contributed by atoms with Gasteiger partial charge in [-0.1, -0.05) is 28.1 Å². The summed E-state index contributed by atoms with van der Waals surface area (Å²) in [6, 6.07) is 9.94. The van der Waals surface area contributed by atoms with Crippen molar-refractivity contribution in [2.45, 2.75) is 12.8 Å². The highest BCUT2D eigenvalue weighted by Crippen LogP contribution is 2.24. The number of halogens is 1. The molecule has 5 nitrogen and oxygen atoms in total. The predicted octanol–water partition coefficient (Wildman–Crippen LogP) is 2.61.